The van der Waals surface area contributed by atoms with Crippen molar-refractivity contribution in [2.45, 2.75) is 118 Å². The average Bonchev–Trinajstić information content (AvgIpc) is 2.21. The van der Waals surface area contributed by atoms with E-state index in [1.54, 1.807) is 27.7 Å². The van der Waals surface area contributed by atoms with Gasteiger partial charge in [0, 0.05) is 27.7 Å². The smallest absolute Gasteiger partial charge is 0.402 e. The summed E-state index contributed by atoms with van der Waals surface area (Å²) in [6.07, 6.45) is 2.91. The van der Waals surface area contributed by atoms with Crippen LogP contribution in [-0.2, 0) is 18.9 Å². The van der Waals surface area contributed by atoms with Crippen LogP contribution in [0, 0.1) is 0 Å². The Morgan fingerprint density at radius 1 is 0.667 bits per heavy atom. The van der Waals surface area contributed by atoms with Crippen LogP contribution in [0.25, 0.3) is 0 Å². The van der Waals surface area contributed by atoms with Crippen molar-refractivity contribution in [2.24, 2.45) is 0 Å². The molecule has 0 amide bonds. The summed E-state index contributed by atoms with van der Waals surface area (Å²) < 4.78 is 22.6. The molecule has 0 N–H and O–H groups in total. The minimum atomic E-state index is -1.08. The largest absolute Gasteiger partial charge is 0.513 e. The second-order valence-corrected chi connectivity index (χ2v) is 8.48. The highest BCUT2D eigenvalue weighted by Gasteiger charge is 2.36. The lowest BCUT2D eigenvalue weighted by molar-refractivity contribution is -0.276. The second kappa shape index (κ2) is 8.52. The molecule has 5 heteroatoms. The van der Waals surface area contributed by atoms with Gasteiger partial charge >= 0.3 is 6.16 Å². The normalized spacial score (nSPS) is 13.8. The van der Waals surface area contributed by atoms with Crippen molar-refractivity contribution in [3.63, 3.8) is 0 Å². The van der Waals surface area contributed by atoms with Crippen LogP contribution in [0.15, 0.2) is 0 Å². The van der Waals surface area contributed by atoms with Gasteiger partial charge in [-0.1, -0.05) is 26.7 Å². The fraction of sp³-hybridized carbons (Fsp3) is 0.947. The van der Waals surface area contributed by atoms with E-state index in [0.717, 1.165) is 25.7 Å². The van der Waals surface area contributed by atoms with Gasteiger partial charge in [0.2, 0.25) is 11.6 Å². The number of carbonyl (C=O) groups is 1. The zero-order valence-corrected chi connectivity index (χ0v) is 17.4. The maximum Gasteiger partial charge on any atom is 0.513 e. The molecule has 0 aliphatic carbocycles. The van der Waals surface area contributed by atoms with Gasteiger partial charge < -0.3 is 18.9 Å². The van der Waals surface area contributed by atoms with Crippen LogP contribution in [-0.4, -0.2) is 28.9 Å². The first-order valence-corrected chi connectivity index (χ1v) is 8.96. The highest BCUT2D eigenvalue weighted by molar-refractivity contribution is 5.60. The van der Waals surface area contributed by atoms with Crippen molar-refractivity contribution in [3.8, 4) is 0 Å². The van der Waals surface area contributed by atoms with E-state index >= 15 is 0 Å². The molecule has 0 unspecified atom stereocenters. The van der Waals surface area contributed by atoms with Crippen LogP contribution in [0.1, 0.15) is 94.9 Å². The fourth-order valence-corrected chi connectivity index (χ4v) is 3.10. The molecule has 0 aromatic heterocycles. The van der Waals surface area contributed by atoms with Gasteiger partial charge in [0.1, 0.15) is 0 Å². The van der Waals surface area contributed by atoms with E-state index in [2.05, 4.69) is 13.8 Å². The van der Waals surface area contributed by atoms with Gasteiger partial charge in [-0.2, -0.15) is 0 Å². The molecule has 0 saturated carbocycles. The first-order chi connectivity index (χ1) is 10.6. The zero-order chi connectivity index (χ0) is 19.2. The first kappa shape index (κ1) is 23.2. The molecule has 144 valence electrons. The van der Waals surface area contributed by atoms with Gasteiger partial charge in [-0.3, -0.25) is 0 Å². The topological polar surface area (TPSA) is 54.0 Å². The minimum absolute atomic E-state index is 0.381. The van der Waals surface area contributed by atoms with E-state index in [1.165, 1.54) is 0 Å². The first-order valence-electron chi connectivity index (χ1n) is 8.96. The molecular weight excluding hydrogens is 308 g/mol. The number of carbonyl (C=O) groups excluding carboxylic acids is 1. The molecule has 0 aromatic rings. The summed E-state index contributed by atoms with van der Waals surface area (Å²) >= 11 is 0. The van der Waals surface area contributed by atoms with Gasteiger partial charge in [0.25, 0.3) is 0 Å². The Labute approximate surface area is 148 Å². The molecule has 0 heterocycles. The summed E-state index contributed by atoms with van der Waals surface area (Å²) in [5.41, 5.74) is -0.763. The predicted molar refractivity (Wildman–Crippen MR) is 95.9 cm³/mol. The highest BCUT2D eigenvalue weighted by atomic mass is 16.8. The van der Waals surface area contributed by atoms with Gasteiger partial charge in [-0.25, -0.2) is 4.79 Å². The van der Waals surface area contributed by atoms with Gasteiger partial charge in [0.15, 0.2) is 0 Å². The number of hydrogen-bond acceptors (Lipinski definition) is 5. The second-order valence-electron chi connectivity index (χ2n) is 8.48. The van der Waals surface area contributed by atoms with Crippen molar-refractivity contribution in [3.05, 3.63) is 0 Å². The average molecular weight is 347 g/mol. The Hall–Kier alpha value is -0.810. The van der Waals surface area contributed by atoms with Gasteiger partial charge in [0.05, 0.1) is 11.2 Å². The van der Waals surface area contributed by atoms with E-state index in [9.17, 15) is 4.79 Å². The van der Waals surface area contributed by atoms with Crippen LogP contribution >= 0.6 is 0 Å². The maximum atomic E-state index is 12.2. The van der Waals surface area contributed by atoms with E-state index in [1.807, 2.05) is 27.7 Å². The van der Waals surface area contributed by atoms with Crippen LogP contribution in [0.2, 0.25) is 0 Å². The minimum Gasteiger partial charge on any atom is -0.402 e. The molecule has 5 nitrogen and oxygen atoms in total. The number of hydrogen-bond donors (Lipinski definition) is 0. The summed E-state index contributed by atoms with van der Waals surface area (Å²) in [4.78, 5) is 12.2. The number of ether oxygens (including phenoxy) is 4. The molecule has 0 rings (SSSR count). The Bertz CT molecular complexity index is 361. The van der Waals surface area contributed by atoms with Crippen molar-refractivity contribution >= 4 is 6.16 Å². The third-order valence-corrected chi connectivity index (χ3v) is 3.41. The van der Waals surface area contributed by atoms with Crippen LogP contribution in [0.4, 0.5) is 4.79 Å². The Kier molecular flexibility index (Phi) is 8.24. The molecule has 0 saturated heterocycles. The fourth-order valence-electron chi connectivity index (χ4n) is 3.10. The standard InChI is InChI=1S/C19H38O5/c1-11-13-16(3,4)23-18(7,8)21-15(20)22-19(9,10)24-17(5,6)14-12-2/h11-14H2,1-10H3. The maximum absolute atomic E-state index is 12.2. The van der Waals surface area contributed by atoms with Gasteiger partial charge in [-0.15, -0.1) is 0 Å². The Morgan fingerprint density at radius 3 is 1.21 bits per heavy atom. The summed E-state index contributed by atoms with van der Waals surface area (Å²) in [6.45, 7) is 18.9. The van der Waals surface area contributed by atoms with Crippen LogP contribution < -0.4 is 0 Å². The van der Waals surface area contributed by atoms with Crippen molar-refractivity contribution < 1.29 is 23.7 Å². The molecule has 0 spiro atoms. The summed E-state index contributed by atoms with van der Waals surface area (Å²) in [5.74, 6) is -2.16. The van der Waals surface area contributed by atoms with Crippen molar-refractivity contribution in [1.82, 2.24) is 0 Å². The molecule has 0 radical (unpaired) electrons. The van der Waals surface area contributed by atoms with E-state index < -0.39 is 17.7 Å². The quantitative estimate of drug-likeness (QED) is 0.369. The molecule has 0 fully saturated rings. The SMILES string of the molecule is CCCC(C)(C)OC(C)(C)OC(=O)OC(C)(C)OC(C)(C)CCC. The summed E-state index contributed by atoms with van der Waals surface area (Å²) in [5, 5.41) is 0. The molecule has 0 bridgehead atoms. The lowest BCUT2D eigenvalue weighted by Gasteiger charge is -2.37. The summed E-state index contributed by atoms with van der Waals surface area (Å²) in [6, 6.07) is 0. The molecule has 0 aliphatic rings. The van der Waals surface area contributed by atoms with Gasteiger partial charge in [-0.05, 0) is 40.5 Å². The molecule has 0 aliphatic heterocycles. The van der Waals surface area contributed by atoms with Crippen LogP contribution in [0.3, 0.4) is 0 Å². The molecular formula is C19H38O5. The molecule has 0 atom stereocenters. The van der Waals surface area contributed by atoms with E-state index in [-0.39, 0.29) is 11.2 Å². The third-order valence-electron chi connectivity index (χ3n) is 3.41. The Morgan fingerprint density at radius 2 is 0.958 bits per heavy atom. The lowest BCUT2D eigenvalue weighted by atomic mass is 10.0. The monoisotopic (exact) mass is 346 g/mol. The van der Waals surface area contributed by atoms with Crippen LogP contribution in [0.5, 0.6) is 0 Å². The van der Waals surface area contributed by atoms with E-state index in [4.69, 9.17) is 18.9 Å². The lowest BCUT2D eigenvalue weighted by Crippen LogP contribution is -2.44. The van der Waals surface area contributed by atoms with Crippen molar-refractivity contribution in [2.75, 3.05) is 0 Å². The number of rotatable bonds is 10. The third kappa shape index (κ3) is 10.1. The van der Waals surface area contributed by atoms with Crippen molar-refractivity contribution in [1.29, 1.82) is 0 Å². The molecule has 24 heavy (non-hydrogen) atoms. The predicted octanol–water partition coefficient (Wildman–Crippen LogP) is 5.80. The summed E-state index contributed by atoms with van der Waals surface area (Å²) in [7, 11) is 0. The molecule has 0 aromatic carbocycles. The highest BCUT2D eigenvalue weighted by Crippen LogP contribution is 2.28. The Balaban J connectivity index is 4.70. The zero-order valence-electron chi connectivity index (χ0n) is 17.4. The van der Waals surface area contributed by atoms with E-state index in [0.29, 0.717) is 0 Å².